The number of anilines is 1. The Labute approximate surface area is 155 Å². The van der Waals surface area contributed by atoms with Crippen molar-refractivity contribution in [2.45, 2.75) is 33.6 Å². The zero-order valence-corrected chi connectivity index (χ0v) is 15.5. The van der Waals surface area contributed by atoms with Gasteiger partial charge in [-0.2, -0.15) is 0 Å². The first-order valence-corrected chi connectivity index (χ1v) is 9.09. The zero-order valence-electron chi connectivity index (χ0n) is 15.5. The molecular weight excluding hydrogens is 320 g/mol. The summed E-state index contributed by atoms with van der Waals surface area (Å²) in [5.74, 6) is -0.106. The Morgan fingerprint density at radius 1 is 0.885 bits per heavy atom. The maximum atomic E-state index is 12.9. The zero-order chi connectivity index (χ0) is 18.5. The number of rotatable bonds is 5. The molecular formula is C23H24N2O. The van der Waals surface area contributed by atoms with Crippen LogP contribution in [-0.4, -0.2) is 10.9 Å². The first-order chi connectivity index (χ1) is 12.6. The highest BCUT2D eigenvalue weighted by Crippen LogP contribution is 2.24. The van der Waals surface area contributed by atoms with Gasteiger partial charge >= 0.3 is 0 Å². The minimum Gasteiger partial charge on any atom is -0.321 e. The van der Waals surface area contributed by atoms with Crippen LogP contribution in [0.4, 0.5) is 5.69 Å². The van der Waals surface area contributed by atoms with E-state index in [0.29, 0.717) is 5.56 Å². The lowest BCUT2D eigenvalue weighted by atomic mass is 10.0. The van der Waals surface area contributed by atoms with Crippen molar-refractivity contribution in [3.63, 3.8) is 0 Å². The van der Waals surface area contributed by atoms with E-state index >= 15 is 0 Å². The van der Waals surface area contributed by atoms with Crippen molar-refractivity contribution >= 4 is 11.6 Å². The minimum absolute atomic E-state index is 0.106. The number of aryl methyl sites for hydroxylation is 3. The molecule has 1 N–H and O–H groups in total. The molecule has 3 aromatic rings. The van der Waals surface area contributed by atoms with Crippen LogP contribution in [0.2, 0.25) is 0 Å². The monoisotopic (exact) mass is 344 g/mol. The highest BCUT2D eigenvalue weighted by atomic mass is 16.1. The average Bonchev–Trinajstić information content (AvgIpc) is 2.68. The summed E-state index contributed by atoms with van der Waals surface area (Å²) in [7, 11) is 0. The van der Waals surface area contributed by atoms with Gasteiger partial charge in [-0.3, -0.25) is 9.78 Å². The van der Waals surface area contributed by atoms with E-state index in [0.717, 1.165) is 46.6 Å². The van der Waals surface area contributed by atoms with Crippen molar-refractivity contribution in [2.75, 3.05) is 5.32 Å². The van der Waals surface area contributed by atoms with Crippen LogP contribution >= 0.6 is 0 Å². The van der Waals surface area contributed by atoms with Crippen LogP contribution in [0.3, 0.4) is 0 Å². The second-order valence-corrected chi connectivity index (χ2v) is 6.31. The maximum Gasteiger partial charge on any atom is 0.257 e. The van der Waals surface area contributed by atoms with E-state index < -0.39 is 0 Å². The number of nitrogens with zero attached hydrogens (tertiary/aromatic N) is 1. The molecule has 0 saturated heterocycles. The van der Waals surface area contributed by atoms with Crippen molar-refractivity contribution in [1.29, 1.82) is 0 Å². The fourth-order valence-corrected chi connectivity index (χ4v) is 3.15. The highest BCUT2D eigenvalue weighted by Gasteiger charge is 2.15. The predicted molar refractivity (Wildman–Crippen MR) is 108 cm³/mol. The van der Waals surface area contributed by atoms with Crippen molar-refractivity contribution in [3.05, 3.63) is 83.0 Å². The number of pyridine rings is 1. The van der Waals surface area contributed by atoms with E-state index in [2.05, 4.69) is 42.3 Å². The molecule has 1 aromatic heterocycles. The van der Waals surface area contributed by atoms with Gasteiger partial charge in [0.1, 0.15) is 0 Å². The molecule has 0 unspecified atom stereocenters. The summed E-state index contributed by atoms with van der Waals surface area (Å²) in [5.41, 5.74) is 6.52. The van der Waals surface area contributed by atoms with Crippen LogP contribution in [0.25, 0.3) is 11.3 Å². The molecule has 0 saturated carbocycles. The van der Waals surface area contributed by atoms with Gasteiger partial charge < -0.3 is 5.32 Å². The van der Waals surface area contributed by atoms with Crippen LogP contribution in [0, 0.1) is 6.92 Å². The van der Waals surface area contributed by atoms with Gasteiger partial charge in [-0.25, -0.2) is 0 Å². The number of amides is 1. The summed E-state index contributed by atoms with van der Waals surface area (Å²) in [5, 5.41) is 3.12. The molecule has 1 heterocycles. The van der Waals surface area contributed by atoms with E-state index in [4.69, 9.17) is 0 Å². The molecule has 0 aliphatic heterocycles. The van der Waals surface area contributed by atoms with Gasteiger partial charge in [-0.05, 0) is 43.0 Å². The van der Waals surface area contributed by atoms with Crippen molar-refractivity contribution in [3.8, 4) is 11.3 Å². The van der Waals surface area contributed by atoms with E-state index in [1.165, 1.54) is 0 Å². The lowest BCUT2D eigenvalue weighted by molar-refractivity contribution is 0.102. The average molecular weight is 344 g/mol. The summed E-state index contributed by atoms with van der Waals surface area (Å²) in [6.45, 7) is 6.09. The number of hydrogen-bond acceptors (Lipinski definition) is 2. The molecule has 132 valence electrons. The molecule has 0 spiro atoms. The third-order valence-electron chi connectivity index (χ3n) is 4.64. The topological polar surface area (TPSA) is 42.0 Å². The lowest BCUT2D eigenvalue weighted by Crippen LogP contribution is -2.16. The van der Waals surface area contributed by atoms with Gasteiger partial charge in [0.05, 0.1) is 17.0 Å². The number of nitrogens with one attached hydrogen (secondary N) is 1. The summed E-state index contributed by atoms with van der Waals surface area (Å²) < 4.78 is 0. The number of benzene rings is 2. The van der Waals surface area contributed by atoms with Gasteiger partial charge in [0.15, 0.2) is 0 Å². The second-order valence-electron chi connectivity index (χ2n) is 6.31. The number of carbonyl (C=O) groups excluding carboxylic acids is 1. The van der Waals surface area contributed by atoms with E-state index in [1.54, 1.807) is 0 Å². The van der Waals surface area contributed by atoms with E-state index in [1.807, 2.05) is 49.4 Å². The normalized spacial score (nSPS) is 10.6. The number of para-hydroxylation sites is 1. The third-order valence-corrected chi connectivity index (χ3v) is 4.64. The Morgan fingerprint density at radius 2 is 1.54 bits per heavy atom. The van der Waals surface area contributed by atoms with E-state index in [9.17, 15) is 4.79 Å². The third kappa shape index (κ3) is 3.67. The van der Waals surface area contributed by atoms with Crippen LogP contribution < -0.4 is 5.32 Å². The predicted octanol–water partition coefficient (Wildman–Crippen LogP) is 5.43. The first kappa shape index (κ1) is 17.9. The molecule has 0 aliphatic rings. The van der Waals surface area contributed by atoms with Crippen LogP contribution in [0.15, 0.2) is 60.7 Å². The van der Waals surface area contributed by atoms with Gasteiger partial charge in [0, 0.05) is 11.3 Å². The molecule has 26 heavy (non-hydrogen) atoms. The Balaban J connectivity index is 1.90. The highest BCUT2D eigenvalue weighted by molar-refractivity contribution is 6.06. The number of aromatic nitrogens is 1. The van der Waals surface area contributed by atoms with Crippen molar-refractivity contribution < 1.29 is 4.79 Å². The Hall–Kier alpha value is -2.94. The molecule has 1 amide bonds. The molecule has 0 fully saturated rings. The minimum atomic E-state index is -0.106. The first-order valence-electron chi connectivity index (χ1n) is 9.09. The standard InChI is InChI=1S/C23H24N2O/c1-4-17-12-9-13-18(5-2)22(17)25-23(26)20-14-15-21(24-16(20)3)19-10-7-6-8-11-19/h6-15H,4-5H2,1-3H3,(H,25,26). The summed E-state index contributed by atoms with van der Waals surface area (Å²) in [4.78, 5) is 17.5. The maximum absolute atomic E-state index is 12.9. The van der Waals surface area contributed by atoms with Crippen LogP contribution in [0.1, 0.15) is 41.0 Å². The molecule has 3 nitrogen and oxygen atoms in total. The van der Waals surface area contributed by atoms with Crippen LogP contribution in [0.5, 0.6) is 0 Å². The van der Waals surface area contributed by atoms with Gasteiger partial charge in [-0.15, -0.1) is 0 Å². The Kier molecular flexibility index (Phi) is 5.47. The molecule has 3 heteroatoms. The van der Waals surface area contributed by atoms with Gasteiger partial charge in [-0.1, -0.05) is 62.4 Å². The smallest absolute Gasteiger partial charge is 0.257 e. The SMILES string of the molecule is CCc1cccc(CC)c1NC(=O)c1ccc(-c2ccccc2)nc1C. The summed E-state index contributed by atoms with van der Waals surface area (Å²) in [6, 6.07) is 19.9. The fourth-order valence-electron chi connectivity index (χ4n) is 3.15. The quantitative estimate of drug-likeness (QED) is 0.670. The largest absolute Gasteiger partial charge is 0.321 e. The molecule has 3 rings (SSSR count). The molecule has 0 radical (unpaired) electrons. The van der Waals surface area contributed by atoms with Crippen LogP contribution in [-0.2, 0) is 12.8 Å². The van der Waals surface area contributed by atoms with Crippen molar-refractivity contribution in [1.82, 2.24) is 4.98 Å². The molecule has 2 aromatic carbocycles. The molecule has 0 atom stereocenters. The lowest BCUT2D eigenvalue weighted by Gasteiger charge is -2.15. The Morgan fingerprint density at radius 3 is 2.12 bits per heavy atom. The van der Waals surface area contributed by atoms with Crippen molar-refractivity contribution in [2.24, 2.45) is 0 Å². The molecule has 0 bridgehead atoms. The number of hydrogen-bond donors (Lipinski definition) is 1. The Bertz CT molecular complexity index is 894. The second kappa shape index (κ2) is 7.96. The summed E-state index contributed by atoms with van der Waals surface area (Å²) in [6.07, 6.45) is 1.77. The van der Waals surface area contributed by atoms with E-state index in [-0.39, 0.29) is 5.91 Å². The van der Waals surface area contributed by atoms with Gasteiger partial charge in [0.25, 0.3) is 5.91 Å². The van der Waals surface area contributed by atoms with Gasteiger partial charge in [0.2, 0.25) is 0 Å². The summed E-state index contributed by atoms with van der Waals surface area (Å²) >= 11 is 0. The molecule has 0 aliphatic carbocycles. The number of carbonyl (C=O) groups is 1. The fraction of sp³-hybridized carbons (Fsp3) is 0.217.